The molecule has 3 nitrogen and oxygen atoms in total. The summed E-state index contributed by atoms with van der Waals surface area (Å²) in [6.07, 6.45) is 0. The van der Waals surface area contributed by atoms with Crippen molar-refractivity contribution in [3.05, 3.63) is 34.3 Å². The summed E-state index contributed by atoms with van der Waals surface area (Å²) >= 11 is 3.42. The van der Waals surface area contributed by atoms with Crippen molar-refractivity contribution in [1.29, 1.82) is 5.26 Å². The Bertz CT molecular complexity index is 416. The predicted molar refractivity (Wildman–Crippen MR) is 76.4 cm³/mol. The van der Waals surface area contributed by atoms with Crippen LogP contribution in [0.15, 0.2) is 28.7 Å². The van der Waals surface area contributed by atoms with Crippen LogP contribution in [0.5, 0.6) is 0 Å². The molecule has 1 aliphatic heterocycles. The first kappa shape index (κ1) is 13.5. The highest BCUT2D eigenvalue weighted by Crippen LogP contribution is 2.20. The van der Waals surface area contributed by atoms with E-state index < -0.39 is 0 Å². The molecule has 0 aromatic heterocycles. The largest absolute Gasteiger partial charge is 0.304 e. The Morgan fingerprint density at radius 3 is 2.39 bits per heavy atom. The van der Waals surface area contributed by atoms with Crippen LogP contribution in [0.25, 0.3) is 0 Å². The van der Waals surface area contributed by atoms with Crippen LogP contribution in [0.2, 0.25) is 0 Å². The lowest BCUT2D eigenvalue weighted by atomic mass is 10.00. The highest BCUT2D eigenvalue weighted by Gasteiger charge is 2.19. The minimum absolute atomic E-state index is 0.0264. The molecule has 1 fully saturated rings. The van der Waals surface area contributed by atoms with Gasteiger partial charge in [-0.25, -0.2) is 0 Å². The van der Waals surface area contributed by atoms with Gasteiger partial charge in [0.25, 0.3) is 0 Å². The fourth-order valence-corrected chi connectivity index (χ4v) is 2.47. The summed E-state index contributed by atoms with van der Waals surface area (Å²) in [6.45, 7) is 5.15. The van der Waals surface area contributed by atoms with Crippen molar-refractivity contribution < 1.29 is 0 Å². The zero-order chi connectivity index (χ0) is 13.0. The highest BCUT2D eigenvalue weighted by atomic mass is 79.9. The van der Waals surface area contributed by atoms with E-state index in [1.54, 1.807) is 0 Å². The van der Waals surface area contributed by atoms with E-state index in [4.69, 9.17) is 0 Å². The third-order valence-corrected chi connectivity index (χ3v) is 3.99. The molecule has 18 heavy (non-hydrogen) atoms. The fourth-order valence-electron chi connectivity index (χ4n) is 2.20. The van der Waals surface area contributed by atoms with Gasteiger partial charge in [-0.3, -0.25) is 4.90 Å². The number of hydrogen-bond donors (Lipinski definition) is 0. The van der Waals surface area contributed by atoms with E-state index >= 15 is 0 Å². The molecule has 2 rings (SSSR count). The van der Waals surface area contributed by atoms with Crippen LogP contribution in [0.1, 0.15) is 11.5 Å². The fraction of sp³-hybridized carbons (Fsp3) is 0.500. The van der Waals surface area contributed by atoms with E-state index in [1.165, 1.54) is 0 Å². The lowest BCUT2D eigenvalue weighted by Crippen LogP contribution is -2.45. The molecule has 4 heteroatoms. The van der Waals surface area contributed by atoms with Crippen molar-refractivity contribution in [2.45, 2.75) is 5.92 Å². The van der Waals surface area contributed by atoms with Crippen molar-refractivity contribution in [1.82, 2.24) is 9.80 Å². The minimum atomic E-state index is -0.0264. The zero-order valence-electron chi connectivity index (χ0n) is 10.6. The Hall–Kier alpha value is -0.890. The van der Waals surface area contributed by atoms with Gasteiger partial charge in [0, 0.05) is 37.2 Å². The summed E-state index contributed by atoms with van der Waals surface area (Å²) in [5, 5.41) is 9.33. The summed E-state index contributed by atoms with van der Waals surface area (Å²) in [4.78, 5) is 4.72. The lowest BCUT2D eigenvalue weighted by Gasteiger charge is -2.33. The molecule has 0 radical (unpaired) electrons. The lowest BCUT2D eigenvalue weighted by molar-refractivity contribution is 0.152. The van der Waals surface area contributed by atoms with E-state index in [9.17, 15) is 5.26 Å². The Morgan fingerprint density at radius 1 is 1.22 bits per heavy atom. The molecule has 0 amide bonds. The molecule has 1 aromatic rings. The first-order valence-corrected chi connectivity index (χ1v) is 7.04. The summed E-state index contributed by atoms with van der Waals surface area (Å²) in [5.74, 6) is -0.0264. The van der Waals surface area contributed by atoms with Crippen LogP contribution < -0.4 is 0 Å². The zero-order valence-corrected chi connectivity index (χ0v) is 12.2. The number of rotatable bonds is 3. The SMILES string of the molecule is CN1CCN(CC(C#N)c2ccc(Br)cc2)CC1. The third kappa shape index (κ3) is 3.55. The van der Waals surface area contributed by atoms with Crippen molar-refractivity contribution >= 4 is 15.9 Å². The molecular weight excluding hydrogens is 290 g/mol. The molecule has 0 aliphatic carbocycles. The molecule has 1 heterocycles. The summed E-state index contributed by atoms with van der Waals surface area (Å²) in [5.41, 5.74) is 1.11. The van der Waals surface area contributed by atoms with Crippen molar-refractivity contribution in [2.75, 3.05) is 39.8 Å². The summed E-state index contributed by atoms with van der Waals surface area (Å²) < 4.78 is 1.06. The predicted octanol–water partition coefficient (Wildman–Crippen LogP) is 2.30. The average Bonchev–Trinajstić information content (AvgIpc) is 2.39. The van der Waals surface area contributed by atoms with Crippen molar-refractivity contribution in [3.63, 3.8) is 0 Å². The van der Waals surface area contributed by atoms with Gasteiger partial charge in [0.05, 0.1) is 12.0 Å². The normalized spacial score (nSPS) is 19.4. The molecule has 0 spiro atoms. The maximum absolute atomic E-state index is 9.33. The Balaban J connectivity index is 1.97. The topological polar surface area (TPSA) is 30.3 Å². The Kier molecular flexibility index (Phi) is 4.76. The number of halogens is 1. The van der Waals surface area contributed by atoms with E-state index in [1.807, 2.05) is 24.3 Å². The van der Waals surface area contributed by atoms with Gasteiger partial charge < -0.3 is 4.90 Å². The molecule has 1 atom stereocenters. The highest BCUT2D eigenvalue weighted by molar-refractivity contribution is 9.10. The standard InChI is InChI=1S/C14H18BrN3/c1-17-6-8-18(9-7-17)11-13(10-16)12-2-4-14(15)5-3-12/h2-5,13H,6-9,11H2,1H3. The van der Waals surface area contributed by atoms with Crippen molar-refractivity contribution in [3.8, 4) is 6.07 Å². The molecule has 0 saturated carbocycles. The smallest absolute Gasteiger partial charge is 0.0839 e. The molecule has 1 saturated heterocycles. The molecular formula is C14H18BrN3. The first-order valence-electron chi connectivity index (χ1n) is 6.25. The van der Waals surface area contributed by atoms with Gasteiger partial charge in [-0.05, 0) is 24.7 Å². The van der Waals surface area contributed by atoms with Gasteiger partial charge in [-0.1, -0.05) is 28.1 Å². The molecule has 1 unspecified atom stereocenters. The first-order chi connectivity index (χ1) is 8.69. The van der Waals surface area contributed by atoms with Crippen LogP contribution in [0.3, 0.4) is 0 Å². The van der Waals surface area contributed by atoms with E-state index in [2.05, 4.69) is 38.8 Å². The van der Waals surface area contributed by atoms with Crippen LogP contribution in [-0.4, -0.2) is 49.6 Å². The van der Waals surface area contributed by atoms with Gasteiger partial charge in [0.2, 0.25) is 0 Å². The van der Waals surface area contributed by atoms with Crippen LogP contribution in [0, 0.1) is 11.3 Å². The quantitative estimate of drug-likeness (QED) is 0.858. The van der Waals surface area contributed by atoms with E-state index in [-0.39, 0.29) is 5.92 Å². The maximum Gasteiger partial charge on any atom is 0.0839 e. The van der Waals surface area contributed by atoms with Crippen LogP contribution in [-0.2, 0) is 0 Å². The van der Waals surface area contributed by atoms with Crippen LogP contribution >= 0.6 is 15.9 Å². The molecule has 0 N–H and O–H groups in total. The second kappa shape index (κ2) is 6.33. The van der Waals surface area contributed by atoms with Gasteiger partial charge in [-0.15, -0.1) is 0 Å². The number of benzene rings is 1. The van der Waals surface area contributed by atoms with Crippen molar-refractivity contribution in [2.24, 2.45) is 0 Å². The Labute approximate surface area is 117 Å². The molecule has 96 valence electrons. The number of piperazine rings is 1. The van der Waals surface area contributed by atoms with E-state index in [0.717, 1.165) is 42.8 Å². The average molecular weight is 308 g/mol. The minimum Gasteiger partial charge on any atom is -0.304 e. The second-order valence-corrected chi connectivity index (χ2v) is 5.75. The number of nitrogens with zero attached hydrogens (tertiary/aromatic N) is 3. The maximum atomic E-state index is 9.33. The summed E-state index contributed by atoms with van der Waals surface area (Å²) in [6, 6.07) is 10.5. The molecule has 0 bridgehead atoms. The third-order valence-electron chi connectivity index (χ3n) is 3.46. The molecule has 1 aliphatic rings. The van der Waals surface area contributed by atoms with Crippen LogP contribution in [0.4, 0.5) is 0 Å². The van der Waals surface area contributed by atoms with E-state index in [0.29, 0.717) is 0 Å². The molecule has 1 aromatic carbocycles. The second-order valence-electron chi connectivity index (χ2n) is 4.84. The van der Waals surface area contributed by atoms with Gasteiger partial charge in [-0.2, -0.15) is 5.26 Å². The summed E-state index contributed by atoms with van der Waals surface area (Å²) in [7, 11) is 2.15. The number of hydrogen-bond acceptors (Lipinski definition) is 3. The number of likely N-dealkylation sites (N-methyl/N-ethyl adjacent to an activating group) is 1. The Morgan fingerprint density at radius 2 is 1.83 bits per heavy atom. The van der Waals surface area contributed by atoms with Gasteiger partial charge >= 0.3 is 0 Å². The van der Waals surface area contributed by atoms with Gasteiger partial charge in [0.15, 0.2) is 0 Å². The monoisotopic (exact) mass is 307 g/mol. The number of nitriles is 1. The van der Waals surface area contributed by atoms with Gasteiger partial charge in [0.1, 0.15) is 0 Å².